The largest absolute Gasteiger partial charge is 0.497 e. The Labute approximate surface area is 174 Å². The van der Waals surface area contributed by atoms with E-state index in [0.29, 0.717) is 17.0 Å². The van der Waals surface area contributed by atoms with Gasteiger partial charge in [0.15, 0.2) is 12.1 Å². The summed E-state index contributed by atoms with van der Waals surface area (Å²) in [5.74, 6) is -0.636. The number of benzene rings is 1. The van der Waals surface area contributed by atoms with Gasteiger partial charge in [0.05, 0.1) is 19.4 Å². The monoisotopic (exact) mass is 418 g/mol. The molecule has 3 rings (SSSR count). The van der Waals surface area contributed by atoms with Gasteiger partial charge in [-0.05, 0) is 45.9 Å². The molecule has 2 aliphatic rings. The summed E-state index contributed by atoms with van der Waals surface area (Å²) in [6.45, 7) is 6.75. The fraction of sp³-hybridized carbons (Fsp3) is 0.476. The van der Waals surface area contributed by atoms with Crippen LogP contribution in [0.1, 0.15) is 33.3 Å². The number of likely N-dealkylation sites (N-methyl/N-ethyl adjacent to an activating group) is 1. The van der Waals surface area contributed by atoms with Crippen LogP contribution in [0.3, 0.4) is 0 Å². The maximum absolute atomic E-state index is 13.6. The van der Waals surface area contributed by atoms with Crippen molar-refractivity contribution in [2.24, 2.45) is 0 Å². The van der Waals surface area contributed by atoms with Crippen molar-refractivity contribution in [2.45, 2.75) is 38.8 Å². The Bertz CT molecular complexity index is 932. The van der Waals surface area contributed by atoms with Crippen molar-refractivity contribution >= 4 is 23.5 Å². The quantitative estimate of drug-likeness (QED) is 0.782. The molecule has 1 aromatic rings. The zero-order valence-electron chi connectivity index (χ0n) is 18.0. The molecule has 2 heterocycles. The molecule has 2 amide bonds. The van der Waals surface area contributed by atoms with Crippen molar-refractivity contribution in [3.05, 3.63) is 35.3 Å². The number of methoxy groups -OCH3 is 1. The summed E-state index contributed by atoms with van der Waals surface area (Å²) in [5.41, 5.74) is -1.88. The topological polar surface area (TPSA) is 103 Å². The zero-order chi connectivity index (χ0) is 22.3. The number of hydrogen-bond donors (Lipinski definition) is 1. The summed E-state index contributed by atoms with van der Waals surface area (Å²) in [5, 5.41) is 2.65. The average molecular weight is 418 g/mol. The number of amides is 2. The first-order valence-corrected chi connectivity index (χ1v) is 9.56. The Hall–Kier alpha value is -3.23. The molecule has 162 valence electrons. The fourth-order valence-corrected chi connectivity index (χ4v) is 3.59. The second-order valence-electron chi connectivity index (χ2n) is 7.93. The molecule has 0 fully saturated rings. The number of ether oxygens (including phenoxy) is 4. The first-order chi connectivity index (χ1) is 14.0. The lowest BCUT2D eigenvalue weighted by Crippen LogP contribution is -2.56. The molecule has 0 spiro atoms. The van der Waals surface area contributed by atoms with Gasteiger partial charge in [-0.1, -0.05) is 0 Å². The SMILES string of the molecule is CCOC1=C([C@@]2(NC(=O)OC(C)(C)C)C(=O)N(C)c3ccc(OC)cc32)C(=O)CO1. The highest BCUT2D eigenvalue weighted by molar-refractivity contribution is 6.18. The lowest BCUT2D eigenvalue weighted by atomic mass is 9.82. The van der Waals surface area contributed by atoms with Gasteiger partial charge in [0.1, 0.15) is 16.9 Å². The Kier molecular flexibility index (Phi) is 5.40. The normalized spacial score (nSPS) is 20.8. The molecule has 9 heteroatoms. The highest BCUT2D eigenvalue weighted by Crippen LogP contribution is 2.48. The standard InChI is InChI=1S/C21H26N2O7/c1-7-28-17-16(15(24)11-29-17)21(22-19(26)30-20(2,3)4)13-10-12(27-6)8-9-14(13)23(5)18(21)25/h8-10H,7,11H2,1-6H3,(H,22,26)/t21-/m1/s1. The van der Waals surface area contributed by atoms with Crippen LogP contribution in [0.2, 0.25) is 0 Å². The van der Waals surface area contributed by atoms with Crippen LogP contribution >= 0.6 is 0 Å². The highest BCUT2D eigenvalue weighted by Gasteiger charge is 2.59. The van der Waals surface area contributed by atoms with Crippen LogP contribution in [0.15, 0.2) is 29.7 Å². The third-order valence-electron chi connectivity index (χ3n) is 4.75. The van der Waals surface area contributed by atoms with Crippen LogP contribution in [0, 0.1) is 0 Å². The summed E-state index contributed by atoms with van der Waals surface area (Å²) in [7, 11) is 3.05. The van der Waals surface area contributed by atoms with Crippen molar-refractivity contribution in [3.8, 4) is 5.75 Å². The summed E-state index contributed by atoms with van der Waals surface area (Å²) < 4.78 is 21.6. The number of Topliss-reactive ketones (excluding diaryl/α,β-unsaturated/α-hetero) is 1. The molecule has 1 atom stereocenters. The molecule has 9 nitrogen and oxygen atoms in total. The minimum Gasteiger partial charge on any atom is -0.497 e. The van der Waals surface area contributed by atoms with E-state index >= 15 is 0 Å². The van der Waals surface area contributed by atoms with Gasteiger partial charge in [-0.25, -0.2) is 4.79 Å². The Balaban J connectivity index is 2.27. The molecule has 1 N–H and O–H groups in total. The first kappa shape index (κ1) is 21.5. The van der Waals surface area contributed by atoms with Gasteiger partial charge >= 0.3 is 6.09 Å². The lowest BCUT2D eigenvalue weighted by molar-refractivity contribution is -0.125. The predicted octanol–water partition coefficient (Wildman–Crippen LogP) is 2.24. The Morgan fingerprint density at radius 3 is 2.60 bits per heavy atom. The molecule has 0 saturated heterocycles. The number of hydrogen-bond acceptors (Lipinski definition) is 7. The van der Waals surface area contributed by atoms with E-state index in [0.717, 1.165) is 0 Å². The van der Waals surface area contributed by atoms with Gasteiger partial charge in [-0.15, -0.1) is 0 Å². The zero-order valence-corrected chi connectivity index (χ0v) is 18.0. The van der Waals surface area contributed by atoms with Gasteiger partial charge in [-0.3, -0.25) is 14.9 Å². The molecular weight excluding hydrogens is 392 g/mol. The molecule has 1 aromatic carbocycles. The molecule has 0 bridgehead atoms. The van der Waals surface area contributed by atoms with Crippen LogP contribution < -0.4 is 15.0 Å². The second kappa shape index (κ2) is 7.55. The van der Waals surface area contributed by atoms with Crippen LogP contribution in [-0.2, 0) is 29.3 Å². The van der Waals surface area contributed by atoms with E-state index in [9.17, 15) is 14.4 Å². The van der Waals surface area contributed by atoms with Crippen LogP contribution in [0.25, 0.3) is 0 Å². The number of carbonyl (C=O) groups is 3. The van der Waals surface area contributed by atoms with Gasteiger partial charge in [-0.2, -0.15) is 0 Å². The first-order valence-electron chi connectivity index (χ1n) is 9.56. The van der Waals surface area contributed by atoms with E-state index < -0.39 is 28.9 Å². The van der Waals surface area contributed by atoms with E-state index in [1.807, 2.05) is 0 Å². The second-order valence-corrected chi connectivity index (χ2v) is 7.93. The van der Waals surface area contributed by atoms with E-state index in [2.05, 4.69) is 5.32 Å². The van der Waals surface area contributed by atoms with Crippen LogP contribution in [0.4, 0.5) is 10.5 Å². The minimum absolute atomic E-state index is 0.0703. The van der Waals surface area contributed by atoms with Crippen molar-refractivity contribution in [1.82, 2.24) is 5.32 Å². The molecule has 0 radical (unpaired) electrons. The maximum atomic E-state index is 13.6. The number of ketones is 1. The molecule has 0 aliphatic carbocycles. The predicted molar refractivity (Wildman–Crippen MR) is 107 cm³/mol. The average Bonchev–Trinajstić information content (AvgIpc) is 3.12. The molecule has 2 aliphatic heterocycles. The molecule has 30 heavy (non-hydrogen) atoms. The minimum atomic E-state index is -1.88. The van der Waals surface area contributed by atoms with Crippen molar-refractivity contribution in [1.29, 1.82) is 0 Å². The number of nitrogens with zero attached hydrogens (tertiary/aromatic N) is 1. The summed E-state index contributed by atoms with van der Waals surface area (Å²) >= 11 is 0. The summed E-state index contributed by atoms with van der Waals surface area (Å²) in [6.07, 6.45) is -0.858. The smallest absolute Gasteiger partial charge is 0.409 e. The van der Waals surface area contributed by atoms with Gasteiger partial charge < -0.3 is 23.8 Å². The number of fused-ring (bicyclic) bond motifs is 1. The third kappa shape index (κ3) is 3.44. The number of alkyl carbamates (subject to hydrolysis) is 1. The number of anilines is 1. The van der Waals surface area contributed by atoms with Gasteiger partial charge in [0, 0.05) is 12.6 Å². The van der Waals surface area contributed by atoms with Crippen molar-refractivity contribution in [2.75, 3.05) is 32.3 Å². The highest BCUT2D eigenvalue weighted by atomic mass is 16.7. The number of nitrogens with one attached hydrogen (secondary N) is 1. The van der Waals surface area contributed by atoms with Gasteiger partial charge in [0.25, 0.3) is 11.9 Å². The molecular formula is C21H26N2O7. The maximum Gasteiger partial charge on any atom is 0.409 e. The Morgan fingerprint density at radius 1 is 1.30 bits per heavy atom. The summed E-state index contributed by atoms with van der Waals surface area (Å²) in [4.78, 5) is 40.6. The number of carbonyl (C=O) groups excluding carboxylic acids is 3. The third-order valence-corrected chi connectivity index (χ3v) is 4.75. The van der Waals surface area contributed by atoms with E-state index in [-0.39, 0.29) is 24.7 Å². The molecule has 0 saturated carbocycles. The van der Waals surface area contributed by atoms with E-state index in [1.165, 1.54) is 12.0 Å². The van der Waals surface area contributed by atoms with E-state index in [4.69, 9.17) is 18.9 Å². The fourth-order valence-electron chi connectivity index (χ4n) is 3.59. The lowest BCUT2D eigenvalue weighted by Gasteiger charge is -2.31. The van der Waals surface area contributed by atoms with Crippen LogP contribution in [-0.4, -0.2) is 50.8 Å². The van der Waals surface area contributed by atoms with E-state index in [1.54, 1.807) is 52.9 Å². The molecule has 0 aromatic heterocycles. The van der Waals surface area contributed by atoms with Crippen LogP contribution in [0.5, 0.6) is 5.75 Å². The number of rotatable bonds is 5. The van der Waals surface area contributed by atoms with Crippen molar-refractivity contribution in [3.63, 3.8) is 0 Å². The summed E-state index contributed by atoms with van der Waals surface area (Å²) in [6, 6.07) is 4.99. The molecule has 0 unspecified atom stereocenters. The van der Waals surface area contributed by atoms with Gasteiger partial charge in [0.2, 0.25) is 5.78 Å². The Morgan fingerprint density at radius 2 is 2.00 bits per heavy atom. The van der Waals surface area contributed by atoms with Crippen molar-refractivity contribution < 1.29 is 33.3 Å².